The van der Waals surface area contributed by atoms with Crippen molar-refractivity contribution in [3.8, 4) is 0 Å². The lowest BCUT2D eigenvalue weighted by Gasteiger charge is -2.31. The Morgan fingerprint density at radius 1 is 1.03 bits per heavy atom. The molecule has 2 aromatic rings. The quantitative estimate of drug-likeness (QED) is 0.700. The number of piperidine rings is 1. The molecule has 2 amide bonds. The van der Waals surface area contributed by atoms with E-state index in [2.05, 4.69) is 5.32 Å². The fourth-order valence-electron chi connectivity index (χ4n) is 3.15. The van der Waals surface area contributed by atoms with E-state index in [1.165, 1.54) is 24.3 Å². The second-order valence-electron chi connectivity index (χ2n) is 6.76. The van der Waals surface area contributed by atoms with Gasteiger partial charge in [-0.25, -0.2) is 4.39 Å². The summed E-state index contributed by atoms with van der Waals surface area (Å²) in [6.07, 6.45) is -3.83. The van der Waals surface area contributed by atoms with Gasteiger partial charge in [-0.3, -0.25) is 9.59 Å². The molecular weight excluding hydrogens is 412 g/mol. The summed E-state index contributed by atoms with van der Waals surface area (Å²) < 4.78 is 51.6. The van der Waals surface area contributed by atoms with Gasteiger partial charge in [0.1, 0.15) is 5.82 Å². The van der Waals surface area contributed by atoms with E-state index < -0.39 is 29.4 Å². The fourth-order valence-corrected chi connectivity index (χ4v) is 3.32. The molecule has 29 heavy (non-hydrogen) atoms. The lowest BCUT2D eigenvalue weighted by atomic mass is 9.95. The van der Waals surface area contributed by atoms with E-state index in [4.69, 9.17) is 11.6 Å². The molecule has 0 spiro atoms. The first-order chi connectivity index (χ1) is 13.6. The van der Waals surface area contributed by atoms with Crippen molar-refractivity contribution in [2.45, 2.75) is 19.0 Å². The molecule has 1 fully saturated rings. The molecule has 9 heteroatoms. The number of anilines is 1. The van der Waals surface area contributed by atoms with Crippen LogP contribution in [0.3, 0.4) is 0 Å². The average Bonchev–Trinajstić information content (AvgIpc) is 2.69. The normalized spacial score (nSPS) is 15.3. The third-order valence-corrected chi connectivity index (χ3v) is 5.13. The Balaban J connectivity index is 1.60. The maximum atomic E-state index is 13.0. The minimum atomic E-state index is -4.55. The summed E-state index contributed by atoms with van der Waals surface area (Å²) in [5.41, 5.74) is -0.654. The van der Waals surface area contributed by atoms with Gasteiger partial charge in [-0.2, -0.15) is 13.2 Å². The fraction of sp³-hybridized carbons (Fsp3) is 0.300. The zero-order valence-electron chi connectivity index (χ0n) is 15.1. The number of nitrogens with one attached hydrogen (secondary N) is 1. The molecule has 0 aromatic heterocycles. The zero-order chi connectivity index (χ0) is 21.2. The van der Waals surface area contributed by atoms with E-state index in [-0.39, 0.29) is 16.6 Å². The van der Waals surface area contributed by atoms with Crippen LogP contribution in [0, 0.1) is 11.7 Å². The topological polar surface area (TPSA) is 49.4 Å². The molecule has 1 heterocycles. The molecular formula is C20H17ClF4N2O2. The number of rotatable bonds is 3. The zero-order valence-corrected chi connectivity index (χ0v) is 15.9. The first-order valence-electron chi connectivity index (χ1n) is 8.87. The predicted octanol–water partition coefficient (Wildman–Crippen LogP) is 4.99. The molecule has 0 saturated carbocycles. The van der Waals surface area contributed by atoms with E-state index in [1.807, 2.05) is 0 Å². The predicted molar refractivity (Wildman–Crippen MR) is 100 cm³/mol. The first-order valence-corrected chi connectivity index (χ1v) is 9.25. The van der Waals surface area contributed by atoms with Gasteiger partial charge in [0.2, 0.25) is 5.91 Å². The standard InChI is InChI=1S/C20H17ClF4N2O2/c21-16-6-3-14(20(23,24)25)11-17(16)26-18(28)12-7-9-27(10-8-12)19(29)13-1-4-15(22)5-2-13/h1-6,11-12H,7-10H2,(H,26,28). The van der Waals surface area contributed by atoms with E-state index in [1.54, 1.807) is 4.90 Å². The molecule has 1 aliphatic rings. The van der Waals surface area contributed by atoms with Crippen molar-refractivity contribution in [2.75, 3.05) is 18.4 Å². The molecule has 3 rings (SSSR count). The molecule has 0 atom stereocenters. The van der Waals surface area contributed by atoms with Gasteiger partial charge in [0.25, 0.3) is 5.91 Å². The minimum absolute atomic E-state index is 0.00951. The van der Waals surface area contributed by atoms with E-state index in [0.717, 1.165) is 18.2 Å². The van der Waals surface area contributed by atoms with Gasteiger partial charge < -0.3 is 10.2 Å². The Hall–Kier alpha value is -2.61. The van der Waals surface area contributed by atoms with E-state index in [0.29, 0.717) is 31.5 Å². The molecule has 2 aromatic carbocycles. The van der Waals surface area contributed by atoms with Crippen LogP contribution in [-0.2, 0) is 11.0 Å². The third kappa shape index (κ3) is 5.06. The van der Waals surface area contributed by atoms with Crippen LogP contribution in [0.15, 0.2) is 42.5 Å². The number of likely N-dealkylation sites (tertiary alicyclic amines) is 1. The summed E-state index contributed by atoms with van der Waals surface area (Å²) in [4.78, 5) is 26.5. The van der Waals surface area contributed by atoms with Crippen LogP contribution in [0.25, 0.3) is 0 Å². The largest absolute Gasteiger partial charge is 0.416 e. The maximum absolute atomic E-state index is 13.0. The summed E-state index contributed by atoms with van der Waals surface area (Å²) in [6, 6.07) is 7.92. The molecule has 4 nitrogen and oxygen atoms in total. The van der Waals surface area contributed by atoms with Gasteiger partial charge in [0.05, 0.1) is 16.3 Å². The van der Waals surface area contributed by atoms with Crippen molar-refractivity contribution in [3.63, 3.8) is 0 Å². The van der Waals surface area contributed by atoms with Crippen LogP contribution in [0.1, 0.15) is 28.8 Å². The summed E-state index contributed by atoms with van der Waals surface area (Å²) in [5.74, 6) is -1.60. The second kappa shape index (κ2) is 8.41. The smallest absolute Gasteiger partial charge is 0.339 e. The summed E-state index contributed by atoms with van der Waals surface area (Å²) in [7, 11) is 0. The monoisotopic (exact) mass is 428 g/mol. The highest BCUT2D eigenvalue weighted by atomic mass is 35.5. The Labute approximate surface area is 169 Å². The van der Waals surface area contributed by atoms with Gasteiger partial charge in [0.15, 0.2) is 0 Å². The highest BCUT2D eigenvalue weighted by molar-refractivity contribution is 6.33. The van der Waals surface area contributed by atoms with Crippen molar-refractivity contribution in [3.05, 3.63) is 64.4 Å². The van der Waals surface area contributed by atoms with Crippen LogP contribution < -0.4 is 5.32 Å². The van der Waals surface area contributed by atoms with Crippen LogP contribution in [-0.4, -0.2) is 29.8 Å². The molecule has 0 radical (unpaired) electrons. The van der Waals surface area contributed by atoms with Crippen molar-refractivity contribution in [1.82, 2.24) is 4.90 Å². The molecule has 154 valence electrons. The Kier molecular flexibility index (Phi) is 6.12. The number of amides is 2. The number of alkyl halides is 3. The summed E-state index contributed by atoms with van der Waals surface area (Å²) in [5, 5.41) is 2.47. The van der Waals surface area contributed by atoms with Crippen molar-refractivity contribution >= 4 is 29.1 Å². The van der Waals surface area contributed by atoms with Crippen LogP contribution in [0.4, 0.5) is 23.2 Å². The number of carbonyl (C=O) groups is 2. The average molecular weight is 429 g/mol. The van der Waals surface area contributed by atoms with Crippen molar-refractivity contribution in [2.24, 2.45) is 5.92 Å². The van der Waals surface area contributed by atoms with Gasteiger partial charge in [-0.1, -0.05) is 11.6 Å². The Bertz CT molecular complexity index is 908. The number of hydrogen-bond donors (Lipinski definition) is 1. The lowest BCUT2D eigenvalue weighted by molar-refractivity contribution is -0.137. The second-order valence-corrected chi connectivity index (χ2v) is 7.16. The van der Waals surface area contributed by atoms with Crippen LogP contribution >= 0.6 is 11.6 Å². The molecule has 0 unspecified atom stereocenters. The van der Waals surface area contributed by atoms with Crippen LogP contribution in [0.5, 0.6) is 0 Å². The Morgan fingerprint density at radius 2 is 1.66 bits per heavy atom. The molecule has 1 aliphatic heterocycles. The van der Waals surface area contributed by atoms with E-state index in [9.17, 15) is 27.2 Å². The highest BCUT2D eigenvalue weighted by Gasteiger charge is 2.32. The SMILES string of the molecule is O=C(Nc1cc(C(F)(F)F)ccc1Cl)C1CCN(C(=O)c2ccc(F)cc2)CC1. The Morgan fingerprint density at radius 3 is 2.24 bits per heavy atom. The van der Waals surface area contributed by atoms with Gasteiger partial charge in [-0.05, 0) is 55.3 Å². The number of halogens is 5. The number of hydrogen-bond acceptors (Lipinski definition) is 2. The molecule has 1 saturated heterocycles. The molecule has 0 aliphatic carbocycles. The van der Waals surface area contributed by atoms with Gasteiger partial charge in [0, 0.05) is 24.6 Å². The first kappa shape index (κ1) is 21.1. The van der Waals surface area contributed by atoms with Gasteiger partial charge >= 0.3 is 6.18 Å². The maximum Gasteiger partial charge on any atom is 0.416 e. The lowest BCUT2D eigenvalue weighted by Crippen LogP contribution is -2.41. The minimum Gasteiger partial charge on any atom is -0.339 e. The van der Waals surface area contributed by atoms with Crippen LogP contribution in [0.2, 0.25) is 5.02 Å². The highest BCUT2D eigenvalue weighted by Crippen LogP contribution is 2.34. The summed E-state index contributed by atoms with van der Waals surface area (Å²) >= 11 is 5.91. The van der Waals surface area contributed by atoms with Crippen molar-refractivity contribution < 1.29 is 27.2 Å². The number of carbonyl (C=O) groups excluding carboxylic acids is 2. The summed E-state index contributed by atoms with van der Waals surface area (Å²) in [6.45, 7) is 0.620. The van der Waals surface area contributed by atoms with Crippen molar-refractivity contribution in [1.29, 1.82) is 0 Å². The van der Waals surface area contributed by atoms with Gasteiger partial charge in [-0.15, -0.1) is 0 Å². The molecule has 1 N–H and O–H groups in total. The number of benzene rings is 2. The molecule has 0 bridgehead atoms. The van der Waals surface area contributed by atoms with E-state index >= 15 is 0 Å². The number of nitrogens with zero attached hydrogens (tertiary/aromatic N) is 1. The third-order valence-electron chi connectivity index (χ3n) is 4.80.